The van der Waals surface area contributed by atoms with E-state index in [-0.39, 0.29) is 16.3 Å². The molecule has 0 aliphatic heterocycles. The Morgan fingerprint density at radius 1 is 1.26 bits per heavy atom. The Bertz CT molecular complexity index is 747. The standard InChI is InChI=1S/C16H16ClN3O3/c1-19(2)10-11-4-3-5-13(8-11)18-16(21)14-7-6-12(17)9-15(14)20(22)23/h3-9H,10H2,1-2H3,(H,18,21). The number of nitro groups is 1. The van der Waals surface area contributed by atoms with Crippen LogP contribution in [0.15, 0.2) is 42.5 Å². The van der Waals surface area contributed by atoms with Crippen molar-refractivity contribution in [3.05, 3.63) is 68.7 Å². The van der Waals surface area contributed by atoms with Crippen molar-refractivity contribution in [2.24, 2.45) is 0 Å². The Morgan fingerprint density at radius 2 is 2.00 bits per heavy atom. The van der Waals surface area contributed by atoms with Crippen LogP contribution in [0.2, 0.25) is 5.02 Å². The van der Waals surface area contributed by atoms with Crippen LogP contribution in [-0.2, 0) is 6.54 Å². The van der Waals surface area contributed by atoms with Crippen LogP contribution in [-0.4, -0.2) is 29.8 Å². The smallest absolute Gasteiger partial charge is 0.283 e. The van der Waals surface area contributed by atoms with Crippen LogP contribution >= 0.6 is 11.6 Å². The molecule has 0 fully saturated rings. The molecule has 0 heterocycles. The van der Waals surface area contributed by atoms with Crippen molar-refractivity contribution in [1.29, 1.82) is 0 Å². The number of carbonyl (C=O) groups excluding carboxylic acids is 1. The minimum Gasteiger partial charge on any atom is -0.322 e. The van der Waals surface area contributed by atoms with E-state index in [1.165, 1.54) is 18.2 Å². The normalized spacial score (nSPS) is 10.6. The molecular weight excluding hydrogens is 318 g/mol. The number of halogens is 1. The number of benzene rings is 2. The number of nitrogens with one attached hydrogen (secondary N) is 1. The van der Waals surface area contributed by atoms with Gasteiger partial charge in [0.2, 0.25) is 0 Å². The van der Waals surface area contributed by atoms with Crippen LogP contribution in [0.3, 0.4) is 0 Å². The van der Waals surface area contributed by atoms with E-state index in [1.54, 1.807) is 6.07 Å². The maximum absolute atomic E-state index is 12.3. The highest BCUT2D eigenvalue weighted by Crippen LogP contribution is 2.24. The summed E-state index contributed by atoms with van der Waals surface area (Å²) in [7, 11) is 3.89. The molecule has 0 saturated heterocycles. The first-order valence-corrected chi connectivity index (χ1v) is 7.23. The number of nitrogens with zero attached hydrogens (tertiary/aromatic N) is 2. The summed E-state index contributed by atoms with van der Waals surface area (Å²) in [5, 5.41) is 14.0. The summed E-state index contributed by atoms with van der Waals surface area (Å²) in [6.07, 6.45) is 0. The molecule has 23 heavy (non-hydrogen) atoms. The highest BCUT2D eigenvalue weighted by molar-refractivity contribution is 6.31. The number of rotatable bonds is 5. The zero-order valence-electron chi connectivity index (χ0n) is 12.7. The minimum atomic E-state index is -0.622. The van der Waals surface area contributed by atoms with Crippen molar-refractivity contribution in [3.8, 4) is 0 Å². The maximum atomic E-state index is 12.3. The van der Waals surface area contributed by atoms with Gasteiger partial charge < -0.3 is 10.2 Å². The summed E-state index contributed by atoms with van der Waals surface area (Å²) in [4.78, 5) is 24.8. The first kappa shape index (κ1) is 16.9. The third-order valence-electron chi connectivity index (χ3n) is 3.08. The van der Waals surface area contributed by atoms with Gasteiger partial charge in [0.05, 0.1) is 4.92 Å². The van der Waals surface area contributed by atoms with Crippen LogP contribution in [0.1, 0.15) is 15.9 Å². The highest BCUT2D eigenvalue weighted by atomic mass is 35.5. The quantitative estimate of drug-likeness (QED) is 0.670. The lowest BCUT2D eigenvalue weighted by Gasteiger charge is -2.11. The molecule has 6 nitrogen and oxygen atoms in total. The van der Waals surface area contributed by atoms with Gasteiger partial charge in [0, 0.05) is 23.3 Å². The van der Waals surface area contributed by atoms with Crippen molar-refractivity contribution < 1.29 is 9.72 Å². The van der Waals surface area contributed by atoms with Crippen LogP contribution in [0.4, 0.5) is 11.4 Å². The fourth-order valence-corrected chi connectivity index (χ4v) is 2.33. The third-order valence-corrected chi connectivity index (χ3v) is 3.32. The number of amides is 1. The van der Waals surface area contributed by atoms with Crippen LogP contribution < -0.4 is 5.32 Å². The van der Waals surface area contributed by atoms with Gasteiger partial charge in [-0.25, -0.2) is 0 Å². The highest BCUT2D eigenvalue weighted by Gasteiger charge is 2.20. The van der Waals surface area contributed by atoms with Crippen LogP contribution in [0.25, 0.3) is 0 Å². The summed E-state index contributed by atoms with van der Waals surface area (Å²) in [6, 6.07) is 11.3. The molecule has 2 rings (SSSR count). The van der Waals surface area contributed by atoms with E-state index in [4.69, 9.17) is 11.6 Å². The number of carbonyl (C=O) groups is 1. The molecule has 2 aromatic carbocycles. The molecule has 7 heteroatoms. The molecule has 2 aromatic rings. The zero-order valence-corrected chi connectivity index (χ0v) is 13.5. The summed E-state index contributed by atoms with van der Waals surface area (Å²) in [6.45, 7) is 0.727. The average molecular weight is 334 g/mol. The van der Waals surface area contributed by atoms with E-state index in [2.05, 4.69) is 5.32 Å². The molecule has 1 N–H and O–H groups in total. The van der Waals surface area contributed by atoms with Crippen molar-refractivity contribution in [1.82, 2.24) is 4.90 Å². The monoisotopic (exact) mass is 333 g/mol. The van der Waals surface area contributed by atoms with Gasteiger partial charge in [0.1, 0.15) is 5.56 Å². The van der Waals surface area contributed by atoms with Gasteiger partial charge in [0.25, 0.3) is 11.6 Å². The fourth-order valence-electron chi connectivity index (χ4n) is 2.16. The lowest BCUT2D eigenvalue weighted by molar-refractivity contribution is -0.385. The molecule has 0 aliphatic carbocycles. The molecular formula is C16H16ClN3O3. The average Bonchev–Trinajstić information content (AvgIpc) is 2.46. The van der Waals surface area contributed by atoms with Crippen molar-refractivity contribution in [3.63, 3.8) is 0 Å². The second kappa shape index (κ2) is 7.21. The molecule has 0 atom stereocenters. The lowest BCUT2D eigenvalue weighted by atomic mass is 10.1. The van der Waals surface area contributed by atoms with Gasteiger partial charge in [0.15, 0.2) is 0 Å². The maximum Gasteiger partial charge on any atom is 0.283 e. The molecule has 0 bridgehead atoms. The van der Waals surface area contributed by atoms with Gasteiger partial charge in [-0.05, 0) is 43.9 Å². The van der Waals surface area contributed by atoms with Gasteiger partial charge in [-0.1, -0.05) is 23.7 Å². The van der Waals surface area contributed by atoms with Gasteiger partial charge in [-0.15, -0.1) is 0 Å². The molecule has 0 saturated carbocycles. The van der Waals surface area contributed by atoms with E-state index in [1.807, 2.05) is 37.2 Å². The zero-order chi connectivity index (χ0) is 17.0. The molecule has 120 valence electrons. The Labute approximate surface area is 138 Å². The van der Waals surface area contributed by atoms with Crippen molar-refractivity contribution in [2.45, 2.75) is 6.54 Å². The second-order valence-corrected chi connectivity index (χ2v) is 5.75. The number of hydrogen-bond acceptors (Lipinski definition) is 4. The SMILES string of the molecule is CN(C)Cc1cccc(NC(=O)c2ccc(Cl)cc2[N+](=O)[O-])c1. The first-order chi connectivity index (χ1) is 10.9. The summed E-state index contributed by atoms with van der Waals surface area (Å²) in [5.74, 6) is -0.546. The van der Waals surface area contributed by atoms with E-state index in [0.717, 1.165) is 12.1 Å². The predicted molar refractivity (Wildman–Crippen MR) is 89.9 cm³/mol. The Kier molecular flexibility index (Phi) is 5.31. The van der Waals surface area contributed by atoms with E-state index < -0.39 is 10.8 Å². The van der Waals surface area contributed by atoms with E-state index >= 15 is 0 Å². The Balaban J connectivity index is 2.24. The lowest BCUT2D eigenvalue weighted by Crippen LogP contribution is -2.15. The van der Waals surface area contributed by atoms with Gasteiger partial charge in [-0.2, -0.15) is 0 Å². The van der Waals surface area contributed by atoms with Crippen molar-refractivity contribution >= 4 is 28.9 Å². The van der Waals surface area contributed by atoms with Gasteiger partial charge in [-0.3, -0.25) is 14.9 Å². The van der Waals surface area contributed by atoms with Crippen molar-refractivity contribution in [2.75, 3.05) is 19.4 Å². The third kappa shape index (κ3) is 4.51. The summed E-state index contributed by atoms with van der Waals surface area (Å²) >= 11 is 5.75. The molecule has 0 aliphatic rings. The second-order valence-electron chi connectivity index (χ2n) is 5.31. The first-order valence-electron chi connectivity index (χ1n) is 6.86. The number of nitro benzene ring substituents is 1. The Hall–Kier alpha value is -2.44. The van der Waals surface area contributed by atoms with E-state index in [0.29, 0.717) is 5.69 Å². The molecule has 0 radical (unpaired) electrons. The fraction of sp³-hybridized carbons (Fsp3) is 0.188. The van der Waals surface area contributed by atoms with E-state index in [9.17, 15) is 14.9 Å². The largest absolute Gasteiger partial charge is 0.322 e. The molecule has 0 spiro atoms. The number of anilines is 1. The Morgan fingerprint density at radius 3 is 2.65 bits per heavy atom. The summed E-state index contributed by atoms with van der Waals surface area (Å²) in [5.41, 5.74) is 1.26. The van der Waals surface area contributed by atoms with Crippen LogP contribution in [0.5, 0.6) is 0 Å². The molecule has 0 unspecified atom stereocenters. The predicted octanol–water partition coefficient (Wildman–Crippen LogP) is 3.56. The minimum absolute atomic E-state index is 0.0302. The number of hydrogen-bond donors (Lipinski definition) is 1. The molecule has 1 amide bonds. The topological polar surface area (TPSA) is 75.5 Å². The van der Waals surface area contributed by atoms with Crippen LogP contribution in [0, 0.1) is 10.1 Å². The summed E-state index contributed by atoms with van der Waals surface area (Å²) < 4.78 is 0. The molecule has 0 aromatic heterocycles. The van der Waals surface area contributed by atoms with Gasteiger partial charge >= 0.3 is 0 Å².